The number of aliphatic hydroxyl groups excluding tert-OH is 2. The molecule has 0 spiro atoms. The highest BCUT2D eigenvalue weighted by Gasteiger charge is 2.47. The van der Waals surface area contributed by atoms with Crippen molar-refractivity contribution < 1.29 is 10.2 Å². The Balaban J connectivity index is 1.80. The summed E-state index contributed by atoms with van der Waals surface area (Å²) in [4.78, 5) is 8.05. The molecule has 0 aliphatic carbocycles. The number of rotatable bonds is 4. The number of azo groups is 1. The predicted octanol–water partition coefficient (Wildman–Crippen LogP) is 0.0125. The Hall–Kier alpha value is -1.29. The van der Waals surface area contributed by atoms with Crippen LogP contribution in [0.3, 0.4) is 0 Å². The third-order valence-corrected chi connectivity index (χ3v) is 4.82. The first kappa shape index (κ1) is 14.6. The van der Waals surface area contributed by atoms with Crippen molar-refractivity contribution in [3.63, 3.8) is 0 Å². The molecule has 1 aromatic heterocycles. The molecule has 5 atom stereocenters. The van der Waals surface area contributed by atoms with Gasteiger partial charge in [-0.1, -0.05) is 6.92 Å². The van der Waals surface area contributed by atoms with Gasteiger partial charge in [0.2, 0.25) is 0 Å². The number of anilines is 1. The van der Waals surface area contributed by atoms with Crippen LogP contribution < -0.4 is 11.1 Å². The standard InChI is InChI=1S/C12H18N6O2S/c1-2-21-3-5-10(19)11(20)8(16-5)7-6-9(18-17-7)12(13)15-4-14-6/h4-5,7-8,10-11,16,19-20H,2-3H2,1H3,(H2,13,14,15)/t5-,7?,8+,10-,11+/m0/s1. The Morgan fingerprint density at radius 3 is 2.90 bits per heavy atom. The van der Waals surface area contributed by atoms with Crippen molar-refractivity contribution in [3.8, 4) is 0 Å². The molecule has 1 saturated heterocycles. The molecule has 0 radical (unpaired) electrons. The Morgan fingerprint density at radius 2 is 2.14 bits per heavy atom. The van der Waals surface area contributed by atoms with Gasteiger partial charge >= 0.3 is 0 Å². The third-order valence-electron chi connectivity index (χ3n) is 3.82. The number of thioether (sulfide) groups is 1. The van der Waals surface area contributed by atoms with Crippen LogP contribution in [0, 0.1) is 0 Å². The van der Waals surface area contributed by atoms with Crippen LogP contribution in [0.15, 0.2) is 16.6 Å². The van der Waals surface area contributed by atoms with E-state index in [0.717, 1.165) is 11.5 Å². The number of nitrogens with one attached hydrogen (secondary N) is 1. The SMILES string of the molecule is CCSC[C@@H]1N[C@H](C2N=Nc3c(N)ncnc32)[C@@H](O)[C@H]1O. The molecule has 3 rings (SSSR count). The molecule has 1 aromatic rings. The number of nitrogens with two attached hydrogens (primary N) is 1. The van der Waals surface area contributed by atoms with E-state index in [2.05, 4.69) is 32.4 Å². The summed E-state index contributed by atoms with van der Waals surface area (Å²) in [5.74, 6) is 1.97. The molecule has 9 heteroatoms. The molecule has 0 aromatic carbocycles. The number of nitrogen functional groups attached to an aromatic ring is 1. The molecule has 0 amide bonds. The summed E-state index contributed by atoms with van der Waals surface area (Å²) >= 11 is 1.71. The zero-order valence-corrected chi connectivity index (χ0v) is 12.4. The van der Waals surface area contributed by atoms with E-state index >= 15 is 0 Å². The zero-order chi connectivity index (χ0) is 15.0. The second-order valence-electron chi connectivity index (χ2n) is 5.09. The average molecular weight is 310 g/mol. The molecule has 2 aliphatic heterocycles. The summed E-state index contributed by atoms with van der Waals surface area (Å²) < 4.78 is 0. The minimum absolute atomic E-state index is 0.173. The van der Waals surface area contributed by atoms with Gasteiger partial charge in [0.15, 0.2) is 11.5 Å². The monoisotopic (exact) mass is 310 g/mol. The van der Waals surface area contributed by atoms with Crippen molar-refractivity contribution in [1.82, 2.24) is 15.3 Å². The third kappa shape index (κ3) is 2.50. The molecule has 114 valence electrons. The average Bonchev–Trinajstić information content (AvgIpc) is 3.02. The Kier molecular flexibility index (Phi) is 4.07. The Morgan fingerprint density at radius 1 is 1.33 bits per heavy atom. The van der Waals surface area contributed by atoms with Gasteiger partial charge in [-0.25, -0.2) is 9.97 Å². The summed E-state index contributed by atoms with van der Waals surface area (Å²) in [5.41, 5.74) is 6.80. The smallest absolute Gasteiger partial charge is 0.155 e. The van der Waals surface area contributed by atoms with Crippen LogP contribution >= 0.6 is 11.8 Å². The molecule has 1 unspecified atom stereocenters. The van der Waals surface area contributed by atoms with Gasteiger partial charge in [-0.2, -0.15) is 16.9 Å². The highest BCUT2D eigenvalue weighted by Crippen LogP contribution is 2.41. The van der Waals surface area contributed by atoms with Crippen molar-refractivity contribution in [2.24, 2.45) is 10.2 Å². The van der Waals surface area contributed by atoms with E-state index in [9.17, 15) is 10.2 Å². The molecule has 21 heavy (non-hydrogen) atoms. The van der Waals surface area contributed by atoms with Crippen LogP contribution in [0.1, 0.15) is 18.7 Å². The number of aromatic nitrogens is 2. The lowest BCUT2D eigenvalue weighted by Crippen LogP contribution is -2.38. The first-order chi connectivity index (χ1) is 10.1. The van der Waals surface area contributed by atoms with Crippen LogP contribution in [0.4, 0.5) is 11.5 Å². The van der Waals surface area contributed by atoms with Crippen LogP contribution in [0.5, 0.6) is 0 Å². The Labute approximate surface area is 126 Å². The summed E-state index contributed by atoms with van der Waals surface area (Å²) in [6.07, 6.45) is -0.384. The minimum atomic E-state index is -0.918. The lowest BCUT2D eigenvalue weighted by molar-refractivity contribution is 0.0271. The number of hydrogen-bond donors (Lipinski definition) is 4. The van der Waals surface area contributed by atoms with Crippen LogP contribution in [0.25, 0.3) is 0 Å². The number of aliphatic hydroxyl groups is 2. The lowest BCUT2D eigenvalue weighted by atomic mass is 9.99. The fourth-order valence-corrected chi connectivity index (χ4v) is 3.49. The molecular formula is C12H18N6O2S. The summed E-state index contributed by atoms with van der Waals surface area (Å²) in [6, 6.07) is -1.05. The van der Waals surface area contributed by atoms with Gasteiger partial charge in [0.1, 0.15) is 18.1 Å². The van der Waals surface area contributed by atoms with Crippen molar-refractivity contribution in [2.75, 3.05) is 17.2 Å². The fraction of sp³-hybridized carbons (Fsp3) is 0.667. The van der Waals surface area contributed by atoms with Crippen molar-refractivity contribution in [3.05, 3.63) is 12.0 Å². The first-order valence-corrected chi connectivity index (χ1v) is 8.00. The largest absolute Gasteiger partial charge is 0.389 e. The van der Waals surface area contributed by atoms with E-state index < -0.39 is 24.3 Å². The van der Waals surface area contributed by atoms with E-state index in [1.807, 2.05) is 0 Å². The van der Waals surface area contributed by atoms with E-state index in [0.29, 0.717) is 11.4 Å². The van der Waals surface area contributed by atoms with Crippen molar-refractivity contribution in [1.29, 1.82) is 0 Å². The molecule has 3 heterocycles. The van der Waals surface area contributed by atoms with Crippen molar-refractivity contribution >= 4 is 23.3 Å². The maximum Gasteiger partial charge on any atom is 0.155 e. The zero-order valence-electron chi connectivity index (χ0n) is 11.5. The maximum absolute atomic E-state index is 10.3. The first-order valence-electron chi connectivity index (χ1n) is 6.84. The van der Waals surface area contributed by atoms with E-state index in [-0.39, 0.29) is 11.9 Å². The molecular weight excluding hydrogens is 292 g/mol. The van der Waals surface area contributed by atoms with Crippen molar-refractivity contribution in [2.45, 2.75) is 37.3 Å². The summed E-state index contributed by atoms with van der Waals surface area (Å²) in [6.45, 7) is 2.06. The second kappa shape index (κ2) is 5.84. The van der Waals surface area contributed by atoms with E-state index in [1.165, 1.54) is 6.33 Å². The lowest BCUT2D eigenvalue weighted by Gasteiger charge is -2.19. The molecule has 8 nitrogen and oxygen atoms in total. The fourth-order valence-electron chi connectivity index (χ4n) is 2.71. The van der Waals surface area contributed by atoms with E-state index in [4.69, 9.17) is 5.73 Å². The predicted molar refractivity (Wildman–Crippen MR) is 79.4 cm³/mol. The second-order valence-corrected chi connectivity index (χ2v) is 6.41. The summed E-state index contributed by atoms with van der Waals surface area (Å²) in [7, 11) is 0. The van der Waals surface area contributed by atoms with Gasteiger partial charge in [-0.15, -0.1) is 5.11 Å². The van der Waals surface area contributed by atoms with E-state index in [1.54, 1.807) is 11.8 Å². The minimum Gasteiger partial charge on any atom is -0.389 e. The van der Waals surface area contributed by atoms with Crippen LogP contribution in [-0.2, 0) is 0 Å². The molecule has 5 N–H and O–H groups in total. The molecule has 1 fully saturated rings. The highest BCUT2D eigenvalue weighted by molar-refractivity contribution is 7.99. The molecule has 2 aliphatic rings. The van der Waals surface area contributed by atoms with Gasteiger partial charge in [0, 0.05) is 11.8 Å². The van der Waals surface area contributed by atoms with Gasteiger partial charge in [0.05, 0.1) is 18.2 Å². The van der Waals surface area contributed by atoms with Crippen LogP contribution in [-0.4, -0.2) is 56.0 Å². The van der Waals surface area contributed by atoms with Gasteiger partial charge in [-0.05, 0) is 5.75 Å². The molecule has 0 bridgehead atoms. The summed E-state index contributed by atoms with van der Waals surface area (Å²) in [5, 5.41) is 31.9. The van der Waals surface area contributed by atoms with Gasteiger partial charge in [-0.3, -0.25) is 0 Å². The molecule has 0 saturated carbocycles. The number of nitrogens with zero attached hydrogens (tertiary/aromatic N) is 4. The normalized spacial score (nSPS) is 34.3. The Bertz CT molecular complexity index is 557. The quantitative estimate of drug-likeness (QED) is 0.616. The van der Waals surface area contributed by atoms with Gasteiger partial charge < -0.3 is 21.3 Å². The number of fused-ring (bicyclic) bond motifs is 1. The van der Waals surface area contributed by atoms with Crippen LogP contribution in [0.2, 0.25) is 0 Å². The topological polar surface area (TPSA) is 129 Å². The van der Waals surface area contributed by atoms with Gasteiger partial charge in [0.25, 0.3) is 0 Å². The maximum atomic E-state index is 10.3. The number of hydrogen-bond acceptors (Lipinski definition) is 9. The highest BCUT2D eigenvalue weighted by atomic mass is 32.2.